The van der Waals surface area contributed by atoms with E-state index < -0.39 is 8.80 Å². The van der Waals surface area contributed by atoms with Crippen LogP contribution in [0.3, 0.4) is 0 Å². The van der Waals surface area contributed by atoms with Crippen LogP contribution in [0.4, 0.5) is 5.69 Å². The van der Waals surface area contributed by atoms with Crippen LogP contribution in [0.2, 0.25) is 24.3 Å². The molecule has 31 heavy (non-hydrogen) atoms. The van der Waals surface area contributed by atoms with Gasteiger partial charge in [-0.2, -0.15) is 0 Å². The number of nitrogens with zero attached hydrogens (tertiary/aromatic N) is 2. The summed E-state index contributed by atoms with van der Waals surface area (Å²) in [4.78, 5) is 6.73. The van der Waals surface area contributed by atoms with Gasteiger partial charge in [0.2, 0.25) is 0 Å². The minimum Gasteiger partial charge on any atom is -0.378 e. The molecule has 0 spiro atoms. The maximum absolute atomic E-state index is 6.48. The normalized spacial score (nSPS) is 20.3. The number of pyridine rings is 1. The second kappa shape index (κ2) is 10.7. The predicted octanol–water partition coefficient (Wildman–Crippen LogP) is 6.56. The van der Waals surface area contributed by atoms with Crippen LogP contribution in [0.25, 0.3) is 11.1 Å². The van der Waals surface area contributed by atoms with Gasteiger partial charge in [0.25, 0.3) is 0 Å². The van der Waals surface area contributed by atoms with Crippen LogP contribution in [-0.4, -0.2) is 38.1 Å². The lowest BCUT2D eigenvalue weighted by Gasteiger charge is -2.34. The van der Waals surface area contributed by atoms with Gasteiger partial charge in [-0.3, -0.25) is 0 Å². The molecule has 4 nitrogen and oxygen atoms in total. The molecule has 0 amide bonds. The zero-order valence-electron chi connectivity index (χ0n) is 19.5. The summed E-state index contributed by atoms with van der Waals surface area (Å²) in [5.74, 6) is 0.412. The molecule has 0 aromatic carbocycles. The van der Waals surface area contributed by atoms with E-state index in [-0.39, 0.29) is 6.04 Å². The van der Waals surface area contributed by atoms with Gasteiger partial charge in [0.05, 0.1) is 5.69 Å². The highest BCUT2D eigenvalue weighted by molar-refractivity contribution is 6.55. The largest absolute Gasteiger partial charge is 0.378 e. The van der Waals surface area contributed by atoms with Gasteiger partial charge >= 0.3 is 0 Å². The lowest BCUT2D eigenvalue weighted by Crippen LogP contribution is -2.29. The summed E-state index contributed by atoms with van der Waals surface area (Å²) >= 11 is 6.48. The van der Waals surface area contributed by atoms with Crippen molar-refractivity contribution in [2.45, 2.75) is 58.8 Å². The summed E-state index contributed by atoms with van der Waals surface area (Å²) in [5, 5.41) is 4.16. The Kier molecular flexibility index (Phi) is 8.20. The second-order valence-corrected chi connectivity index (χ2v) is 12.6. The van der Waals surface area contributed by atoms with Crippen LogP contribution in [0.5, 0.6) is 0 Å². The van der Waals surface area contributed by atoms with Gasteiger partial charge in [-0.25, -0.2) is 4.98 Å². The minimum absolute atomic E-state index is 0.223. The lowest BCUT2D eigenvalue weighted by atomic mass is 9.89. The quantitative estimate of drug-likeness (QED) is 0.259. The molecule has 0 fully saturated rings. The topological polar surface area (TPSA) is 37.4 Å². The first-order valence-corrected chi connectivity index (χ1v) is 14.9. The Hall–Kier alpha value is -1.82. The lowest BCUT2D eigenvalue weighted by molar-refractivity contribution is 0.0796. The molecular weight excluding hydrogens is 422 g/mol. The van der Waals surface area contributed by atoms with Crippen LogP contribution in [-0.2, 0) is 4.74 Å². The number of ether oxygens (including phenoxy) is 1. The molecule has 2 unspecified atom stereocenters. The van der Waals surface area contributed by atoms with Gasteiger partial charge in [-0.1, -0.05) is 63.3 Å². The molecule has 1 aromatic heterocycles. The minimum atomic E-state index is -0.606. The Bertz CT molecular complexity index is 906. The van der Waals surface area contributed by atoms with E-state index in [1.165, 1.54) is 17.3 Å². The number of hydrogen-bond donors (Lipinski definition) is 1. The third kappa shape index (κ3) is 5.51. The van der Waals surface area contributed by atoms with Crippen molar-refractivity contribution < 1.29 is 4.74 Å². The first-order chi connectivity index (χ1) is 14.8. The monoisotopic (exact) mass is 457 g/mol. The molecule has 1 aromatic rings. The summed E-state index contributed by atoms with van der Waals surface area (Å²) in [6, 6.07) is 1.42. The van der Waals surface area contributed by atoms with Gasteiger partial charge in [0, 0.05) is 56.2 Å². The van der Waals surface area contributed by atoms with Gasteiger partial charge in [-0.05, 0) is 37.3 Å². The standard InChI is InChI=1S/C25H36ClN3OSi/c1-7-18-9-10-29(16-30-11-12-31(5)6)22(13-18)20-14-19(8-2)28-24-21(20)15-27-25(26)23(24)17(3)4/h9-10,13-15,18-19,28,31H,3,7-8,11-12,16H2,1-2,4-6H3. The summed E-state index contributed by atoms with van der Waals surface area (Å²) in [6.45, 7) is 16.7. The SMILES string of the molecule is C=C(C)c1c(Cl)ncc2c1NC(CC)C=C2C1=CC(CC)C=CN1COCC[SiH](C)C. The third-order valence-electron chi connectivity index (χ3n) is 5.90. The van der Waals surface area contributed by atoms with Crippen molar-refractivity contribution in [3.8, 4) is 0 Å². The van der Waals surface area contributed by atoms with E-state index in [0.717, 1.165) is 41.8 Å². The zero-order chi connectivity index (χ0) is 22.5. The highest BCUT2D eigenvalue weighted by atomic mass is 35.5. The zero-order valence-corrected chi connectivity index (χ0v) is 21.5. The highest BCUT2D eigenvalue weighted by Gasteiger charge is 2.28. The van der Waals surface area contributed by atoms with Crippen molar-refractivity contribution in [3.63, 3.8) is 0 Å². The predicted molar refractivity (Wildman–Crippen MR) is 137 cm³/mol. The molecule has 2 atom stereocenters. The van der Waals surface area contributed by atoms with E-state index in [2.05, 4.69) is 73.1 Å². The number of rotatable bonds is 9. The smallest absolute Gasteiger partial charge is 0.138 e. The van der Waals surface area contributed by atoms with Crippen molar-refractivity contribution >= 4 is 37.2 Å². The fourth-order valence-corrected chi connectivity index (χ4v) is 4.88. The summed E-state index contributed by atoms with van der Waals surface area (Å²) in [6.07, 6.45) is 13.1. The number of anilines is 1. The van der Waals surface area contributed by atoms with Gasteiger partial charge in [0.15, 0.2) is 0 Å². The molecule has 3 heterocycles. The van der Waals surface area contributed by atoms with Crippen LogP contribution < -0.4 is 5.32 Å². The molecule has 0 radical (unpaired) electrons. The Balaban J connectivity index is 2.00. The molecule has 0 saturated heterocycles. The number of aromatic nitrogens is 1. The Morgan fingerprint density at radius 1 is 1.29 bits per heavy atom. The molecular formula is C25H36ClN3OSi. The van der Waals surface area contributed by atoms with Crippen molar-refractivity contribution in [2.24, 2.45) is 5.92 Å². The summed E-state index contributed by atoms with van der Waals surface area (Å²) in [7, 11) is -0.606. The summed E-state index contributed by atoms with van der Waals surface area (Å²) in [5.41, 5.74) is 6.31. The van der Waals surface area contributed by atoms with Crippen LogP contribution in [0, 0.1) is 5.92 Å². The van der Waals surface area contributed by atoms with Gasteiger partial charge in [-0.15, -0.1) is 0 Å². The van der Waals surface area contributed by atoms with E-state index in [1.54, 1.807) is 0 Å². The average molecular weight is 458 g/mol. The Labute approximate surface area is 194 Å². The molecule has 2 aliphatic heterocycles. The van der Waals surface area contributed by atoms with Crippen molar-refractivity contribution in [2.75, 3.05) is 18.7 Å². The first kappa shape index (κ1) is 23.8. The average Bonchev–Trinajstić information content (AvgIpc) is 2.75. The molecule has 2 aliphatic rings. The molecule has 3 rings (SSSR count). The van der Waals surface area contributed by atoms with Gasteiger partial charge in [0.1, 0.15) is 11.9 Å². The van der Waals surface area contributed by atoms with Gasteiger partial charge < -0.3 is 15.0 Å². The number of halogens is 1. The molecule has 6 heteroatoms. The highest BCUT2D eigenvalue weighted by Crippen LogP contribution is 2.42. The Morgan fingerprint density at radius 3 is 2.71 bits per heavy atom. The fraction of sp³-hybridized carbons (Fsp3) is 0.480. The number of nitrogens with one attached hydrogen (secondary N) is 1. The molecule has 0 saturated carbocycles. The molecule has 168 valence electrons. The summed E-state index contributed by atoms with van der Waals surface area (Å²) < 4.78 is 6.07. The van der Waals surface area contributed by atoms with Crippen molar-refractivity contribution in [3.05, 3.63) is 59.2 Å². The van der Waals surface area contributed by atoms with E-state index in [0.29, 0.717) is 17.8 Å². The van der Waals surface area contributed by atoms with E-state index in [9.17, 15) is 0 Å². The first-order valence-electron chi connectivity index (χ1n) is 11.4. The number of allylic oxidation sites excluding steroid dienone is 4. The second-order valence-electron chi connectivity index (χ2n) is 8.89. The number of hydrogen-bond acceptors (Lipinski definition) is 4. The van der Waals surface area contributed by atoms with E-state index in [4.69, 9.17) is 16.3 Å². The van der Waals surface area contributed by atoms with Crippen molar-refractivity contribution in [1.82, 2.24) is 9.88 Å². The maximum atomic E-state index is 6.48. The van der Waals surface area contributed by atoms with E-state index in [1.807, 2.05) is 13.1 Å². The van der Waals surface area contributed by atoms with Crippen LogP contribution in [0.15, 0.2) is 42.9 Å². The van der Waals surface area contributed by atoms with Crippen LogP contribution in [0.1, 0.15) is 44.7 Å². The number of fused-ring (bicyclic) bond motifs is 1. The molecule has 0 aliphatic carbocycles. The van der Waals surface area contributed by atoms with Crippen LogP contribution >= 0.6 is 11.6 Å². The third-order valence-corrected chi connectivity index (χ3v) is 7.58. The molecule has 1 N–H and O–H groups in total. The van der Waals surface area contributed by atoms with Crippen molar-refractivity contribution in [1.29, 1.82) is 0 Å². The van der Waals surface area contributed by atoms with E-state index >= 15 is 0 Å². The maximum Gasteiger partial charge on any atom is 0.138 e. The Morgan fingerprint density at radius 2 is 2.06 bits per heavy atom. The molecule has 0 bridgehead atoms. The fourth-order valence-electron chi connectivity index (χ4n) is 3.93.